The summed E-state index contributed by atoms with van der Waals surface area (Å²) in [5, 5.41) is 0.0521. The van der Waals surface area contributed by atoms with E-state index < -0.39 is 25.0 Å². The highest BCUT2D eigenvalue weighted by Crippen LogP contribution is 2.47. The molecule has 2 unspecified atom stereocenters. The minimum atomic E-state index is -2.28. The molecule has 0 saturated carbocycles. The van der Waals surface area contributed by atoms with Gasteiger partial charge in [-0.25, -0.2) is 0 Å². The first-order chi connectivity index (χ1) is 18.4. The monoisotopic (exact) mass is 740 g/mol. The van der Waals surface area contributed by atoms with Gasteiger partial charge in [0.25, 0.3) is 0 Å². The fraction of sp³-hybridized carbons (Fsp3) is 0.903. The quantitative estimate of drug-likeness (QED) is 0.127. The molecule has 2 heterocycles. The van der Waals surface area contributed by atoms with Crippen LogP contribution in [-0.4, -0.2) is 74.0 Å². The summed E-state index contributed by atoms with van der Waals surface area (Å²) >= 11 is 2.29. The van der Waals surface area contributed by atoms with E-state index in [1.165, 1.54) is 0 Å². The fourth-order valence-electron chi connectivity index (χ4n) is 4.63. The lowest BCUT2D eigenvalue weighted by Gasteiger charge is -2.56. The van der Waals surface area contributed by atoms with Crippen molar-refractivity contribution in [2.24, 2.45) is 0 Å². The number of carbonyl (C=O) groups excluding carboxylic acids is 1. The molecule has 0 aliphatic carbocycles. The maximum atomic E-state index is 11.5. The Bertz CT molecular complexity index is 903. The van der Waals surface area contributed by atoms with Crippen molar-refractivity contribution in [3.63, 3.8) is 0 Å². The molecule has 0 amide bonds. The standard InChI is InChI=1S/C31H61IO6Si3/c1-29(2,3)39(10,11)36-24(18-20-32)26-28(38-41(14,15)31(7,8)9)27(37-40(12,13)30(4,5)6)25-23(35-26)17-16-22(34-25)19-21-33/h18,20-28H,16-17,19H2,1-15H3/b20-18+/t22?,23-,24-,25-,26?,27-,28+/m0/s1. The van der Waals surface area contributed by atoms with E-state index in [1.807, 2.05) is 0 Å². The Hall–Kier alpha value is 0.591. The zero-order valence-corrected chi connectivity index (χ0v) is 33.9. The zero-order chi connectivity index (χ0) is 31.8. The van der Waals surface area contributed by atoms with Gasteiger partial charge in [0.15, 0.2) is 25.0 Å². The molecule has 10 heteroatoms. The number of fused-ring (bicyclic) bond motifs is 1. The predicted molar refractivity (Wildman–Crippen MR) is 187 cm³/mol. The number of aldehydes is 1. The normalized spacial score (nSPS) is 29.9. The fourth-order valence-corrected chi connectivity index (χ4v) is 8.89. The first kappa shape index (κ1) is 37.8. The summed E-state index contributed by atoms with van der Waals surface area (Å²) in [5.74, 6) is 0. The summed E-state index contributed by atoms with van der Waals surface area (Å²) in [6.45, 7) is 34.3. The predicted octanol–water partition coefficient (Wildman–Crippen LogP) is 9.01. The molecule has 0 aromatic carbocycles. The van der Waals surface area contributed by atoms with Gasteiger partial charge < -0.3 is 27.5 Å². The lowest BCUT2D eigenvalue weighted by Crippen LogP contribution is -2.69. The van der Waals surface area contributed by atoms with Crippen LogP contribution in [0.4, 0.5) is 0 Å². The first-order valence-electron chi connectivity index (χ1n) is 15.4. The van der Waals surface area contributed by atoms with Crippen LogP contribution in [0.1, 0.15) is 81.6 Å². The summed E-state index contributed by atoms with van der Waals surface area (Å²) in [6, 6.07) is 0. The molecule has 0 N–H and O–H groups in total. The van der Waals surface area contributed by atoms with E-state index in [0.29, 0.717) is 6.42 Å². The van der Waals surface area contributed by atoms with Gasteiger partial charge in [-0.05, 0) is 77.4 Å². The SMILES string of the molecule is CC(C)(C)[Si](C)(C)O[C@H]1[C@H]2OC(CC=O)CC[C@@H]2OC([C@H](/C=C/I)O[Si](C)(C)C(C)(C)C)[C@H]1O[Si](C)(C)C(C)(C)C. The van der Waals surface area contributed by atoms with Crippen molar-refractivity contribution in [2.75, 3.05) is 0 Å². The van der Waals surface area contributed by atoms with Crippen LogP contribution in [0.25, 0.3) is 0 Å². The second-order valence-corrected chi connectivity index (χ2v) is 31.7. The Labute approximate surface area is 268 Å². The number of ether oxygens (including phenoxy) is 2. The van der Waals surface area contributed by atoms with E-state index in [0.717, 1.165) is 19.1 Å². The summed E-state index contributed by atoms with van der Waals surface area (Å²) in [6.07, 6.45) is 3.25. The Morgan fingerprint density at radius 3 is 1.71 bits per heavy atom. The Morgan fingerprint density at radius 2 is 1.27 bits per heavy atom. The Kier molecular flexibility index (Phi) is 12.5. The molecule has 2 aliphatic rings. The number of carbonyl (C=O) groups is 1. The maximum absolute atomic E-state index is 11.5. The minimum Gasteiger partial charge on any atom is -0.408 e. The van der Waals surface area contributed by atoms with Crippen molar-refractivity contribution in [3.8, 4) is 0 Å². The van der Waals surface area contributed by atoms with Crippen molar-refractivity contribution in [1.29, 1.82) is 0 Å². The van der Waals surface area contributed by atoms with Gasteiger partial charge in [-0.15, -0.1) is 0 Å². The van der Waals surface area contributed by atoms with Crippen LogP contribution in [0, 0.1) is 0 Å². The van der Waals surface area contributed by atoms with Gasteiger partial charge in [0.2, 0.25) is 0 Å². The molecule has 0 aromatic heterocycles. The van der Waals surface area contributed by atoms with Crippen molar-refractivity contribution in [1.82, 2.24) is 0 Å². The highest BCUT2D eigenvalue weighted by Gasteiger charge is 2.57. The van der Waals surface area contributed by atoms with E-state index in [-0.39, 0.29) is 57.8 Å². The van der Waals surface area contributed by atoms with Gasteiger partial charge in [-0.1, -0.05) is 84.9 Å². The molecule has 0 radical (unpaired) electrons. The van der Waals surface area contributed by atoms with Crippen LogP contribution in [-0.2, 0) is 27.5 Å². The maximum Gasteiger partial charge on any atom is 0.193 e. The van der Waals surface area contributed by atoms with E-state index >= 15 is 0 Å². The third-order valence-corrected chi connectivity index (χ3v) is 24.3. The molecule has 7 atom stereocenters. The van der Waals surface area contributed by atoms with E-state index in [9.17, 15) is 4.79 Å². The van der Waals surface area contributed by atoms with E-state index in [4.69, 9.17) is 22.8 Å². The zero-order valence-electron chi connectivity index (χ0n) is 28.7. The van der Waals surface area contributed by atoms with Gasteiger partial charge in [-0.2, -0.15) is 0 Å². The average Bonchev–Trinajstić information content (AvgIpc) is 2.78. The molecule has 0 spiro atoms. The number of halogens is 1. The molecule has 240 valence electrons. The van der Waals surface area contributed by atoms with Crippen molar-refractivity contribution in [3.05, 3.63) is 10.2 Å². The van der Waals surface area contributed by atoms with Crippen LogP contribution in [0.3, 0.4) is 0 Å². The highest BCUT2D eigenvalue weighted by atomic mass is 127. The number of hydrogen-bond acceptors (Lipinski definition) is 6. The lowest BCUT2D eigenvalue weighted by molar-refractivity contribution is -0.266. The molecule has 2 saturated heterocycles. The second-order valence-electron chi connectivity index (χ2n) is 16.7. The summed E-state index contributed by atoms with van der Waals surface area (Å²) in [4.78, 5) is 11.5. The molecular formula is C31H61IO6Si3. The van der Waals surface area contributed by atoms with Gasteiger partial charge in [0.1, 0.15) is 30.7 Å². The van der Waals surface area contributed by atoms with Crippen LogP contribution >= 0.6 is 22.6 Å². The molecule has 2 rings (SSSR count). The second kappa shape index (κ2) is 13.5. The van der Waals surface area contributed by atoms with Crippen LogP contribution < -0.4 is 0 Å². The van der Waals surface area contributed by atoms with Crippen molar-refractivity contribution < 1.29 is 27.5 Å². The summed E-state index contributed by atoms with van der Waals surface area (Å²) in [7, 11) is -6.69. The average molecular weight is 741 g/mol. The third kappa shape index (κ3) is 9.08. The molecule has 6 nitrogen and oxygen atoms in total. The topological polar surface area (TPSA) is 63.2 Å². The highest BCUT2D eigenvalue weighted by molar-refractivity contribution is 14.1. The largest absolute Gasteiger partial charge is 0.408 e. The van der Waals surface area contributed by atoms with Gasteiger partial charge in [-0.3, -0.25) is 0 Å². The van der Waals surface area contributed by atoms with Crippen molar-refractivity contribution in [2.45, 2.75) is 179 Å². The third-order valence-electron chi connectivity index (χ3n) is 10.4. The van der Waals surface area contributed by atoms with Gasteiger partial charge in [0, 0.05) is 6.42 Å². The van der Waals surface area contributed by atoms with Gasteiger partial charge in [0.05, 0.1) is 18.3 Å². The molecular weight excluding hydrogens is 679 g/mol. The molecule has 41 heavy (non-hydrogen) atoms. The Morgan fingerprint density at radius 1 is 0.780 bits per heavy atom. The molecule has 0 bridgehead atoms. The smallest absolute Gasteiger partial charge is 0.193 e. The number of hydrogen-bond donors (Lipinski definition) is 0. The molecule has 0 aromatic rings. The van der Waals surface area contributed by atoms with Crippen molar-refractivity contribution >= 4 is 53.8 Å². The van der Waals surface area contributed by atoms with E-state index in [1.54, 1.807) is 0 Å². The summed E-state index contributed by atoms with van der Waals surface area (Å²) in [5.41, 5.74) is 0. The van der Waals surface area contributed by atoms with Crippen LogP contribution in [0.15, 0.2) is 10.2 Å². The van der Waals surface area contributed by atoms with E-state index in [2.05, 4.69) is 134 Å². The lowest BCUT2D eigenvalue weighted by atomic mass is 9.87. The molecule has 2 aliphatic heterocycles. The Balaban J connectivity index is 2.73. The van der Waals surface area contributed by atoms with Crippen LogP contribution in [0.5, 0.6) is 0 Å². The first-order valence-corrected chi connectivity index (χ1v) is 25.4. The van der Waals surface area contributed by atoms with Crippen LogP contribution in [0.2, 0.25) is 54.4 Å². The molecule has 2 fully saturated rings. The minimum absolute atomic E-state index is 0.00170. The number of rotatable bonds is 10. The van der Waals surface area contributed by atoms with Gasteiger partial charge >= 0.3 is 0 Å². The summed E-state index contributed by atoms with van der Waals surface area (Å²) < 4.78 is 37.6.